The first kappa shape index (κ1) is 8.66. The van der Waals surface area contributed by atoms with E-state index in [-0.39, 0.29) is 5.56 Å². The van der Waals surface area contributed by atoms with Crippen LogP contribution in [0, 0.1) is 3.57 Å². The predicted molar refractivity (Wildman–Crippen MR) is 48.3 cm³/mol. The standard InChI is InChI=1S/C6H7IN2O2/c1-11-3-5-8-2-4(7)6(10)9-5/h2H,3H2,1H3,(H,8,9,10). The Hall–Kier alpha value is -0.430. The van der Waals surface area contributed by atoms with E-state index < -0.39 is 0 Å². The first-order valence-electron chi connectivity index (χ1n) is 2.96. The molecule has 1 rings (SSSR count). The molecule has 0 unspecified atom stereocenters. The van der Waals surface area contributed by atoms with Crippen LogP contribution in [0.25, 0.3) is 0 Å². The maximum Gasteiger partial charge on any atom is 0.264 e. The van der Waals surface area contributed by atoms with Gasteiger partial charge in [0.2, 0.25) is 0 Å². The van der Waals surface area contributed by atoms with E-state index in [1.807, 2.05) is 22.6 Å². The molecule has 0 amide bonds. The molecule has 0 saturated carbocycles. The highest BCUT2D eigenvalue weighted by molar-refractivity contribution is 14.1. The molecular formula is C6H7IN2O2. The minimum absolute atomic E-state index is 0.118. The van der Waals surface area contributed by atoms with Crippen LogP contribution in [0.5, 0.6) is 0 Å². The molecule has 0 saturated heterocycles. The van der Waals surface area contributed by atoms with Crippen molar-refractivity contribution >= 4 is 22.6 Å². The number of hydrogen-bond acceptors (Lipinski definition) is 3. The summed E-state index contributed by atoms with van der Waals surface area (Å²) < 4.78 is 5.37. The number of rotatable bonds is 2. The number of aromatic amines is 1. The Morgan fingerprint density at radius 2 is 2.55 bits per heavy atom. The zero-order valence-electron chi connectivity index (χ0n) is 5.93. The highest BCUT2D eigenvalue weighted by Gasteiger charge is 1.97. The van der Waals surface area contributed by atoms with Crippen LogP contribution in [0.15, 0.2) is 11.0 Å². The van der Waals surface area contributed by atoms with Gasteiger partial charge in [0.05, 0.1) is 3.57 Å². The molecule has 60 valence electrons. The van der Waals surface area contributed by atoms with Gasteiger partial charge in [0, 0.05) is 13.3 Å². The summed E-state index contributed by atoms with van der Waals surface area (Å²) in [5, 5.41) is 0. The summed E-state index contributed by atoms with van der Waals surface area (Å²) in [7, 11) is 1.55. The third kappa shape index (κ3) is 2.26. The predicted octanol–water partition coefficient (Wildman–Crippen LogP) is 0.521. The second kappa shape index (κ2) is 3.82. The number of nitrogens with one attached hydrogen (secondary N) is 1. The molecule has 1 N–H and O–H groups in total. The fourth-order valence-electron chi connectivity index (χ4n) is 0.626. The van der Waals surface area contributed by atoms with Gasteiger partial charge >= 0.3 is 0 Å². The Balaban J connectivity index is 2.96. The van der Waals surface area contributed by atoms with Crippen molar-refractivity contribution in [3.05, 3.63) is 25.9 Å². The molecule has 11 heavy (non-hydrogen) atoms. The number of methoxy groups -OCH3 is 1. The van der Waals surface area contributed by atoms with E-state index in [9.17, 15) is 4.79 Å². The Kier molecular flexibility index (Phi) is 3.01. The van der Waals surface area contributed by atoms with E-state index in [1.165, 1.54) is 6.20 Å². The molecule has 0 fully saturated rings. The molecule has 1 aromatic rings. The van der Waals surface area contributed by atoms with Gasteiger partial charge in [-0.25, -0.2) is 4.98 Å². The van der Waals surface area contributed by atoms with Gasteiger partial charge in [-0.2, -0.15) is 0 Å². The van der Waals surface area contributed by atoms with Crippen LogP contribution in [0.3, 0.4) is 0 Å². The third-order valence-corrected chi connectivity index (χ3v) is 1.86. The van der Waals surface area contributed by atoms with Gasteiger partial charge in [-0.05, 0) is 22.6 Å². The number of ether oxygens (including phenoxy) is 1. The monoisotopic (exact) mass is 266 g/mol. The highest BCUT2D eigenvalue weighted by Crippen LogP contribution is 1.94. The smallest absolute Gasteiger partial charge is 0.264 e. The van der Waals surface area contributed by atoms with E-state index in [2.05, 4.69) is 9.97 Å². The molecule has 0 atom stereocenters. The van der Waals surface area contributed by atoms with E-state index in [0.717, 1.165) is 0 Å². The summed E-state index contributed by atoms with van der Waals surface area (Å²) in [6.45, 7) is 0.339. The average Bonchev–Trinajstić information content (AvgIpc) is 1.98. The third-order valence-electron chi connectivity index (χ3n) is 1.09. The summed E-state index contributed by atoms with van der Waals surface area (Å²) in [6, 6.07) is 0. The molecule has 0 bridgehead atoms. The van der Waals surface area contributed by atoms with Crippen molar-refractivity contribution < 1.29 is 4.74 Å². The Morgan fingerprint density at radius 1 is 1.82 bits per heavy atom. The van der Waals surface area contributed by atoms with Crippen LogP contribution in [-0.2, 0) is 11.3 Å². The molecular weight excluding hydrogens is 259 g/mol. The number of nitrogens with zero attached hydrogens (tertiary/aromatic N) is 1. The van der Waals surface area contributed by atoms with Crippen molar-refractivity contribution in [2.24, 2.45) is 0 Å². The van der Waals surface area contributed by atoms with E-state index in [0.29, 0.717) is 16.0 Å². The van der Waals surface area contributed by atoms with E-state index in [1.54, 1.807) is 7.11 Å². The molecule has 5 heteroatoms. The Labute approximate surface area is 77.1 Å². The number of H-pyrrole nitrogens is 1. The van der Waals surface area contributed by atoms with Crippen LogP contribution >= 0.6 is 22.6 Å². The topological polar surface area (TPSA) is 55.0 Å². The van der Waals surface area contributed by atoms with E-state index >= 15 is 0 Å². The van der Waals surface area contributed by atoms with Gasteiger partial charge in [0.15, 0.2) is 0 Å². The molecule has 0 aromatic carbocycles. The normalized spacial score (nSPS) is 10.0. The van der Waals surface area contributed by atoms with Gasteiger partial charge in [-0.3, -0.25) is 4.79 Å². The van der Waals surface area contributed by atoms with Crippen molar-refractivity contribution in [2.45, 2.75) is 6.61 Å². The Morgan fingerprint density at radius 3 is 3.09 bits per heavy atom. The van der Waals surface area contributed by atoms with Crippen molar-refractivity contribution in [2.75, 3.05) is 7.11 Å². The minimum atomic E-state index is -0.118. The van der Waals surface area contributed by atoms with Gasteiger partial charge in [-0.1, -0.05) is 0 Å². The SMILES string of the molecule is COCc1ncc(I)c(=O)[nH]1. The van der Waals surface area contributed by atoms with Crippen LogP contribution in [0.2, 0.25) is 0 Å². The lowest BCUT2D eigenvalue weighted by molar-refractivity contribution is 0.177. The summed E-state index contributed by atoms with van der Waals surface area (Å²) in [5.41, 5.74) is -0.118. The van der Waals surface area contributed by atoms with Gasteiger partial charge in [0.1, 0.15) is 12.4 Å². The minimum Gasteiger partial charge on any atom is -0.377 e. The van der Waals surface area contributed by atoms with Crippen molar-refractivity contribution in [3.8, 4) is 0 Å². The van der Waals surface area contributed by atoms with Crippen LogP contribution in [0.1, 0.15) is 5.82 Å². The summed E-state index contributed by atoms with van der Waals surface area (Å²) in [6.07, 6.45) is 1.52. The summed E-state index contributed by atoms with van der Waals surface area (Å²) in [4.78, 5) is 17.5. The largest absolute Gasteiger partial charge is 0.377 e. The first-order valence-corrected chi connectivity index (χ1v) is 4.04. The van der Waals surface area contributed by atoms with Crippen molar-refractivity contribution in [1.82, 2.24) is 9.97 Å². The lowest BCUT2D eigenvalue weighted by Gasteiger charge is -1.96. The fourth-order valence-corrected chi connectivity index (χ4v) is 0.900. The second-order valence-electron chi connectivity index (χ2n) is 1.94. The lowest BCUT2D eigenvalue weighted by atomic mass is 10.6. The molecule has 0 spiro atoms. The van der Waals surface area contributed by atoms with Gasteiger partial charge in [-0.15, -0.1) is 0 Å². The van der Waals surface area contributed by atoms with Gasteiger partial charge < -0.3 is 9.72 Å². The lowest BCUT2D eigenvalue weighted by Crippen LogP contribution is -2.13. The molecule has 1 heterocycles. The maximum atomic E-state index is 11.0. The Bertz CT molecular complexity index is 297. The number of halogens is 1. The number of hydrogen-bond donors (Lipinski definition) is 1. The molecule has 0 radical (unpaired) electrons. The molecule has 0 aliphatic heterocycles. The first-order chi connectivity index (χ1) is 5.24. The summed E-state index contributed by atoms with van der Waals surface area (Å²) in [5.74, 6) is 0.554. The van der Waals surface area contributed by atoms with Crippen LogP contribution < -0.4 is 5.56 Å². The van der Waals surface area contributed by atoms with Gasteiger partial charge in [0.25, 0.3) is 5.56 Å². The second-order valence-corrected chi connectivity index (χ2v) is 3.10. The zero-order chi connectivity index (χ0) is 8.27. The zero-order valence-corrected chi connectivity index (χ0v) is 8.08. The molecule has 0 aliphatic rings. The van der Waals surface area contributed by atoms with Crippen LogP contribution in [0.4, 0.5) is 0 Å². The van der Waals surface area contributed by atoms with Crippen LogP contribution in [-0.4, -0.2) is 17.1 Å². The molecule has 0 aliphatic carbocycles. The highest BCUT2D eigenvalue weighted by atomic mass is 127. The van der Waals surface area contributed by atoms with Crippen molar-refractivity contribution in [1.29, 1.82) is 0 Å². The maximum absolute atomic E-state index is 11.0. The molecule has 4 nitrogen and oxygen atoms in total. The molecule has 1 aromatic heterocycles. The average molecular weight is 266 g/mol. The summed E-state index contributed by atoms with van der Waals surface area (Å²) >= 11 is 1.92. The quantitative estimate of drug-likeness (QED) is 0.794. The van der Waals surface area contributed by atoms with E-state index in [4.69, 9.17) is 4.74 Å². The fraction of sp³-hybridized carbons (Fsp3) is 0.333. The van der Waals surface area contributed by atoms with Crippen molar-refractivity contribution in [3.63, 3.8) is 0 Å². The number of aromatic nitrogens is 2.